The first-order valence-electron chi connectivity index (χ1n) is 5.96. The third kappa shape index (κ3) is 3.58. The maximum Gasteiger partial charge on any atom is 0.162 e. The van der Waals surface area contributed by atoms with Crippen molar-refractivity contribution in [2.24, 2.45) is 0 Å². The molecule has 0 unspecified atom stereocenters. The molecule has 0 aliphatic carbocycles. The van der Waals surface area contributed by atoms with Crippen LogP contribution >= 0.6 is 11.8 Å². The van der Waals surface area contributed by atoms with Gasteiger partial charge in [0.05, 0.1) is 5.03 Å². The first-order chi connectivity index (χ1) is 8.65. The van der Waals surface area contributed by atoms with Gasteiger partial charge in [0.25, 0.3) is 0 Å². The van der Waals surface area contributed by atoms with E-state index in [9.17, 15) is 0 Å². The molecule has 4 nitrogen and oxygen atoms in total. The number of anilines is 1. The van der Waals surface area contributed by atoms with Crippen LogP contribution in [0.15, 0.2) is 29.3 Å². The summed E-state index contributed by atoms with van der Waals surface area (Å²) in [5.41, 5.74) is 6.39. The van der Waals surface area contributed by atoms with E-state index in [-0.39, 0.29) is 0 Å². The van der Waals surface area contributed by atoms with Gasteiger partial charge in [-0.05, 0) is 51.3 Å². The molecule has 0 spiro atoms. The van der Waals surface area contributed by atoms with Crippen molar-refractivity contribution in [3.05, 3.63) is 24.3 Å². The van der Waals surface area contributed by atoms with Crippen LogP contribution in [0.1, 0.15) is 6.42 Å². The SMILES string of the molecule is CN(C)CCCSc1ccc2ccc(N)nc2n1. The fourth-order valence-corrected chi connectivity index (χ4v) is 2.43. The van der Waals surface area contributed by atoms with Crippen LogP contribution < -0.4 is 5.73 Å². The van der Waals surface area contributed by atoms with E-state index in [1.165, 1.54) is 0 Å². The molecule has 0 fully saturated rings. The highest BCUT2D eigenvalue weighted by molar-refractivity contribution is 7.99. The van der Waals surface area contributed by atoms with Crippen LogP contribution in [-0.4, -0.2) is 41.3 Å². The second-order valence-corrected chi connectivity index (χ2v) is 5.55. The zero-order chi connectivity index (χ0) is 13.0. The minimum absolute atomic E-state index is 0.518. The average molecular weight is 262 g/mol. The van der Waals surface area contributed by atoms with Gasteiger partial charge in [-0.1, -0.05) is 0 Å². The highest BCUT2D eigenvalue weighted by Crippen LogP contribution is 2.20. The molecule has 2 heterocycles. The lowest BCUT2D eigenvalue weighted by molar-refractivity contribution is 0.410. The number of rotatable bonds is 5. The highest BCUT2D eigenvalue weighted by atomic mass is 32.2. The topological polar surface area (TPSA) is 55.0 Å². The van der Waals surface area contributed by atoms with E-state index in [1.54, 1.807) is 17.8 Å². The van der Waals surface area contributed by atoms with Crippen LogP contribution in [0.5, 0.6) is 0 Å². The second-order valence-electron chi connectivity index (χ2n) is 4.44. The molecule has 0 atom stereocenters. The summed E-state index contributed by atoms with van der Waals surface area (Å²) in [5, 5.41) is 2.04. The smallest absolute Gasteiger partial charge is 0.162 e. The van der Waals surface area contributed by atoms with Gasteiger partial charge in [0, 0.05) is 11.1 Å². The maximum absolute atomic E-state index is 5.67. The minimum Gasteiger partial charge on any atom is -0.384 e. The number of hydrogen-bond acceptors (Lipinski definition) is 5. The minimum atomic E-state index is 0.518. The molecular weight excluding hydrogens is 244 g/mol. The van der Waals surface area contributed by atoms with Gasteiger partial charge in [-0.2, -0.15) is 0 Å². The summed E-state index contributed by atoms with van der Waals surface area (Å²) in [6, 6.07) is 7.84. The van der Waals surface area contributed by atoms with Gasteiger partial charge >= 0.3 is 0 Å². The third-order valence-electron chi connectivity index (χ3n) is 2.55. The van der Waals surface area contributed by atoms with E-state index >= 15 is 0 Å². The van der Waals surface area contributed by atoms with E-state index in [1.807, 2.05) is 18.2 Å². The summed E-state index contributed by atoms with van der Waals surface area (Å²) < 4.78 is 0. The van der Waals surface area contributed by atoms with Crippen molar-refractivity contribution in [3.63, 3.8) is 0 Å². The number of pyridine rings is 2. The first-order valence-corrected chi connectivity index (χ1v) is 6.94. The molecule has 0 radical (unpaired) electrons. The maximum atomic E-state index is 5.67. The fraction of sp³-hybridized carbons (Fsp3) is 0.385. The van der Waals surface area contributed by atoms with Gasteiger partial charge in [0.15, 0.2) is 5.65 Å². The molecule has 96 valence electrons. The molecule has 2 N–H and O–H groups in total. The lowest BCUT2D eigenvalue weighted by Gasteiger charge is -2.08. The van der Waals surface area contributed by atoms with Gasteiger partial charge in [0.1, 0.15) is 5.82 Å². The molecule has 0 saturated heterocycles. The Bertz CT molecular complexity index is 527. The predicted octanol–water partition coefficient (Wildman–Crippen LogP) is 2.26. The molecular formula is C13H18N4S. The summed E-state index contributed by atoms with van der Waals surface area (Å²) in [6.45, 7) is 1.10. The van der Waals surface area contributed by atoms with Crippen LogP contribution in [-0.2, 0) is 0 Å². The molecule has 0 aromatic carbocycles. The number of thioether (sulfide) groups is 1. The van der Waals surface area contributed by atoms with E-state index in [2.05, 4.69) is 29.0 Å². The highest BCUT2D eigenvalue weighted by Gasteiger charge is 2.01. The largest absolute Gasteiger partial charge is 0.384 e. The molecule has 5 heteroatoms. The molecule has 2 rings (SSSR count). The molecule has 0 amide bonds. The van der Waals surface area contributed by atoms with Crippen molar-refractivity contribution in [1.82, 2.24) is 14.9 Å². The van der Waals surface area contributed by atoms with Crippen LogP contribution in [0.4, 0.5) is 5.82 Å². The van der Waals surface area contributed by atoms with Crippen molar-refractivity contribution in [3.8, 4) is 0 Å². The lowest BCUT2D eigenvalue weighted by atomic mass is 10.3. The predicted molar refractivity (Wildman–Crippen MR) is 77.8 cm³/mol. The van der Waals surface area contributed by atoms with Crippen molar-refractivity contribution in [1.29, 1.82) is 0 Å². The average Bonchev–Trinajstić information content (AvgIpc) is 2.34. The molecule has 2 aromatic heterocycles. The Morgan fingerprint density at radius 3 is 2.72 bits per heavy atom. The molecule has 0 bridgehead atoms. The Morgan fingerprint density at radius 2 is 1.94 bits per heavy atom. The fourth-order valence-electron chi connectivity index (χ4n) is 1.63. The van der Waals surface area contributed by atoms with E-state index in [0.29, 0.717) is 5.82 Å². The van der Waals surface area contributed by atoms with Crippen molar-refractivity contribution in [2.45, 2.75) is 11.4 Å². The Morgan fingerprint density at radius 1 is 1.17 bits per heavy atom. The number of aromatic nitrogens is 2. The van der Waals surface area contributed by atoms with Gasteiger partial charge in [-0.15, -0.1) is 11.8 Å². The van der Waals surface area contributed by atoms with Crippen molar-refractivity contribution < 1.29 is 0 Å². The summed E-state index contributed by atoms with van der Waals surface area (Å²) in [4.78, 5) is 10.9. The zero-order valence-corrected chi connectivity index (χ0v) is 11.6. The standard InChI is InChI=1S/C13H18N4S/c1-17(2)8-3-9-18-12-7-5-10-4-6-11(14)15-13(10)16-12/h4-7H,3,8-9H2,1-2H3,(H2,14,15,16). The monoisotopic (exact) mass is 262 g/mol. The number of nitrogen functional groups attached to an aromatic ring is 1. The molecule has 0 saturated carbocycles. The summed E-state index contributed by atoms with van der Waals surface area (Å²) in [6.07, 6.45) is 1.15. The summed E-state index contributed by atoms with van der Waals surface area (Å²) >= 11 is 1.76. The molecule has 0 aliphatic heterocycles. The summed E-state index contributed by atoms with van der Waals surface area (Å²) in [7, 11) is 4.18. The van der Waals surface area contributed by atoms with Crippen LogP contribution in [0.3, 0.4) is 0 Å². The van der Waals surface area contributed by atoms with Crippen molar-refractivity contribution >= 4 is 28.6 Å². The van der Waals surface area contributed by atoms with Gasteiger partial charge in [0.2, 0.25) is 0 Å². The van der Waals surface area contributed by atoms with Crippen LogP contribution in [0.2, 0.25) is 0 Å². The second kappa shape index (κ2) is 6.02. The Hall–Kier alpha value is -1.33. The number of nitrogens with zero attached hydrogens (tertiary/aromatic N) is 3. The van der Waals surface area contributed by atoms with Crippen LogP contribution in [0.25, 0.3) is 11.0 Å². The third-order valence-corrected chi connectivity index (χ3v) is 3.56. The van der Waals surface area contributed by atoms with E-state index in [4.69, 9.17) is 5.73 Å². The summed E-state index contributed by atoms with van der Waals surface area (Å²) in [5.74, 6) is 1.59. The number of nitrogens with two attached hydrogens (primary N) is 1. The molecule has 0 aliphatic rings. The van der Waals surface area contributed by atoms with Gasteiger partial charge in [-0.25, -0.2) is 9.97 Å². The molecule has 18 heavy (non-hydrogen) atoms. The van der Waals surface area contributed by atoms with Gasteiger partial charge < -0.3 is 10.6 Å². The Kier molecular flexibility index (Phi) is 4.38. The molecule has 2 aromatic rings. The lowest BCUT2D eigenvalue weighted by Crippen LogP contribution is -2.13. The Balaban J connectivity index is 2.01. The van der Waals surface area contributed by atoms with Crippen LogP contribution in [0, 0.1) is 0 Å². The first kappa shape index (κ1) is 13.1. The van der Waals surface area contributed by atoms with E-state index in [0.717, 1.165) is 34.8 Å². The van der Waals surface area contributed by atoms with Gasteiger partial charge in [-0.3, -0.25) is 0 Å². The van der Waals surface area contributed by atoms with E-state index < -0.39 is 0 Å². The number of fused-ring (bicyclic) bond motifs is 1. The van der Waals surface area contributed by atoms with Crippen molar-refractivity contribution in [2.75, 3.05) is 32.1 Å². The number of hydrogen-bond donors (Lipinski definition) is 1. The zero-order valence-electron chi connectivity index (χ0n) is 10.8. The normalized spacial score (nSPS) is 11.3. The quantitative estimate of drug-likeness (QED) is 0.661. The Labute approximate surface area is 112 Å².